The molecule has 0 saturated heterocycles. The number of para-hydroxylation sites is 1. The average Bonchev–Trinajstić information content (AvgIpc) is 3.26. The van der Waals surface area contributed by atoms with E-state index in [1.165, 1.54) is 33.6 Å². The van der Waals surface area contributed by atoms with Crippen LogP contribution < -0.4 is 0 Å². The molecule has 0 aliphatic rings. The van der Waals surface area contributed by atoms with Crippen molar-refractivity contribution in [3.05, 3.63) is 47.9 Å². The molecule has 2 aromatic carbocycles. The Labute approximate surface area is 131 Å². The van der Waals surface area contributed by atoms with Gasteiger partial charge >= 0.3 is 0 Å². The van der Waals surface area contributed by atoms with Crippen LogP contribution in [0.15, 0.2) is 41.2 Å². The van der Waals surface area contributed by atoms with E-state index in [0.717, 1.165) is 22.3 Å². The Bertz CT molecular complexity index is 1180. The van der Waals surface area contributed by atoms with Crippen LogP contribution in [0.4, 0.5) is 0 Å². The third kappa shape index (κ3) is 1.56. The van der Waals surface area contributed by atoms with E-state index in [1.54, 1.807) is 0 Å². The number of aromatic amines is 2. The van der Waals surface area contributed by atoms with Crippen LogP contribution in [0.3, 0.4) is 0 Å². The summed E-state index contributed by atoms with van der Waals surface area (Å²) in [6.07, 6.45) is 1.35. The van der Waals surface area contributed by atoms with Crippen molar-refractivity contribution in [3.8, 4) is 11.5 Å². The Morgan fingerprint density at radius 1 is 0.957 bits per heavy atom. The fourth-order valence-corrected chi connectivity index (χ4v) is 3.59. The van der Waals surface area contributed by atoms with Crippen molar-refractivity contribution >= 4 is 32.7 Å². The van der Waals surface area contributed by atoms with Gasteiger partial charge in [0.2, 0.25) is 12.2 Å². The first-order valence-electron chi connectivity index (χ1n) is 7.53. The first-order valence-corrected chi connectivity index (χ1v) is 7.53. The second kappa shape index (κ2) is 4.23. The van der Waals surface area contributed by atoms with E-state index in [4.69, 9.17) is 4.52 Å². The molecule has 0 unspecified atom stereocenters. The van der Waals surface area contributed by atoms with Crippen molar-refractivity contribution in [2.45, 2.75) is 13.8 Å². The molecule has 3 heterocycles. The van der Waals surface area contributed by atoms with Gasteiger partial charge in [-0.1, -0.05) is 23.4 Å². The van der Waals surface area contributed by atoms with E-state index in [-0.39, 0.29) is 0 Å². The number of nitrogens with one attached hydrogen (secondary N) is 2. The van der Waals surface area contributed by atoms with Gasteiger partial charge in [-0.05, 0) is 37.1 Å². The number of fused-ring (bicyclic) bond motifs is 4. The van der Waals surface area contributed by atoms with Crippen LogP contribution in [0.1, 0.15) is 11.1 Å². The Hall–Kier alpha value is -3.08. The van der Waals surface area contributed by atoms with E-state index < -0.39 is 0 Å². The normalized spacial score (nSPS) is 11.9. The van der Waals surface area contributed by atoms with Gasteiger partial charge in [0.05, 0.1) is 11.2 Å². The summed E-state index contributed by atoms with van der Waals surface area (Å²) in [5.74, 6) is 0.589. The molecule has 5 heteroatoms. The van der Waals surface area contributed by atoms with E-state index >= 15 is 0 Å². The van der Waals surface area contributed by atoms with E-state index in [0.29, 0.717) is 5.82 Å². The molecule has 0 atom stereocenters. The average molecular weight is 302 g/mol. The van der Waals surface area contributed by atoms with Crippen molar-refractivity contribution in [2.75, 3.05) is 0 Å². The summed E-state index contributed by atoms with van der Waals surface area (Å²) in [7, 11) is 0. The Balaban J connectivity index is 1.95. The topological polar surface area (TPSA) is 70.5 Å². The molecule has 5 aromatic rings. The molecule has 3 aromatic heterocycles. The molecular formula is C18H14N4O. The monoisotopic (exact) mass is 302 g/mol. The van der Waals surface area contributed by atoms with Crippen LogP contribution >= 0.6 is 0 Å². The Morgan fingerprint density at radius 3 is 2.65 bits per heavy atom. The van der Waals surface area contributed by atoms with Crippen molar-refractivity contribution < 1.29 is 4.52 Å². The SMILES string of the molecule is Cc1c(-c2ncon2)[nH]c2cc3c([nH]c4ccccc43)c(C)c12. The number of rotatable bonds is 1. The van der Waals surface area contributed by atoms with Gasteiger partial charge < -0.3 is 14.5 Å². The molecule has 0 aliphatic heterocycles. The van der Waals surface area contributed by atoms with Gasteiger partial charge in [0.15, 0.2) is 0 Å². The van der Waals surface area contributed by atoms with Gasteiger partial charge in [0.25, 0.3) is 0 Å². The van der Waals surface area contributed by atoms with Crippen LogP contribution in [0.2, 0.25) is 0 Å². The summed E-state index contributed by atoms with van der Waals surface area (Å²) in [6, 6.07) is 10.6. The van der Waals surface area contributed by atoms with Crippen LogP contribution in [0.25, 0.3) is 44.2 Å². The highest BCUT2D eigenvalue weighted by Crippen LogP contribution is 2.36. The number of nitrogens with zero attached hydrogens (tertiary/aromatic N) is 2. The molecule has 5 rings (SSSR count). The minimum absolute atomic E-state index is 0.589. The van der Waals surface area contributed by atoms with Gasteiger partial charge in [-0.3, -0.25) is 0 Å². The second-order valence-corrected chi connectivity index (χ2v) is 5.90. The summed E-state index contributed by atoms with van der Waals surface area (Å²) in [5.41, 5.74) is 6.72. The fourth-order valence-electron chi connectivity index (χ4n) is 3.59. The zero-order valence-electron chi connectivity index (χ0n) is 12.8. The number of aryl methyl sites for hydroxylation is 2. The molecule has 0 aliphatic carbocycles. The summed E-state index contributed by atoms with van der Waals surface area (Å²) in [6.45, 7) is 4.24. The first-order chi connectivity index (χ1) is 11.2. The third-order valence-electron chi connectivity index (χ3n) is 4.65. The summed E-state index contributed by atoms with van der Waals surface area (Å²) >= 11 is 0. The highest BCUT2D eigenvalue weighted by molar-refractivity contribution is 6.14. The molecule has 2 N–H and O–H groups in total. The molecule has 0 saturated carbocycles. The molecule has 112 valence electrons. The standard InChI is InChI=1S/C18H14N4O/c1-9-15-10(2)17(18-19-8-23-22-18)21-14(15)7-12-11-5-3-4-6-13(11)20-16(9)12/h3-8,20-21H,1-2H3. The molecule has 0 spiro atoms. The Morgan fingerprint density at radius 2 is 1.83 bits per heavy atom. The molecule has 0 bridgehead atoms. The van der Waals surface area contributed by atoms with Crippen molar-refractivity contribution in [1.29, 1.82) is 0 Å². The Kier molecular flexibility index (Phi) is 2.29. The van der Waals surface area contributed by atoms with Crippen LogP contribution in [-0.2, 0) is 0 Å². The first kappa shape index (κ1) is 12.5. The molecule has 5 nitrogen and oxygen atoms in total. The summed E-state index contributed by atoms with van der Waals surface area (Å²) in [4.78, 5) is 11.2. The molecule has 0 amide bonds. The predicted molar refractivity (Wildman–Crippen MR) is 90.4 cm³/mol. The van der Waals surface area contributed by atoms with E-state index in [1.807, 2.05) is 0 Å². The zero-order chi connectivity index (χ0) is 15.6. The largest absolute Gasteiger partial charge is 0.354 e. The highest BCUT2D eigenvalue weighted by atomic mass is 16.5. The van der Waals surface area contributed by atoms with Crippen molar-refractivity contribution in [2.24, 2.45) is 0 Å². The predicted octanol–water partition coefficient (Wildman–Crippen LogP) is 4.47. The maximum absolute atomic E-state index is 4.88. The van der Waals surface area contributed by atoms with Crippen LogP contribution in [-0.4, -0.2) is 20.1 Å². The van der Waals surface area contributed by atoms with E-state index in [2.05, 4.69) is 64.3 Å². The number of aromatic nitrogens is 4. The number of H-pyrrole nitrogens is 2. The van der Waals surface area contributed by atoms with Crippen molar-refractivity contribution in [3.63, 3.8) is 0 Å². The van der Waals surface area contributed by atoms with Gasteiger partial charge in [0.1, 0.15) is 0 Å². The maximum atomic E-state index is 4.88. The minimum atomic E-state index is 0.589. The smallest absolute Gasteiger partial charge is 0.218 e. The highest BCUT2D eigenvalue weighted by Gasteiger charge is 2.17. The lowest BCUT2D eigenvalue weighted by molar-refractivity contribution is 0.418. The lowest BCUT2D eigenvalue weighted by atomic mass is 10.0. The fraction of sp³-hybridized carbons (Fsp3) is 0.111. The number of hydrogen-bond donors (Lipinski definition) is 2. The van der Waals surface area contributed by atoms with Gasteiger partial charge in [-0.2, -0.15) is 4.98 Å². The quantitative estimate of drug-likeness (QED) is 0.480. The van der Waals surface area contributed by atoms with Crippen LogP contribution in [0.5, 0.6) is 0 Å². The van der Waals surface area contributed by atoms with Crippen molar-refractivity contribution in [1.82, 2.24) is 20.1 Å². The summed E-state index contributed by atoms with van der Waals surface area (Å²) in [5, 5.41) is 7.63. The van der Waals surface area contributed by atoms with Gasteiger partial charge in [-0.25, -0.2) is 0 Å². The molecule has 0 radical (unpaired) electrons. The lowest BCUT2D eigenvalue weighted by Gasteiger charge is -2.01. The van der Waals surface area contributed by atoms with Gasteiger partial charge in [-0.15, -0.1) is 0 Å². The van der Waals surface area contributed by atoms with Crippen LogP contribution in [0, 0.1) is 13.8 Å². The molecule has 23 heavy (non-hydrogen) atoms. The lowest BCUT2D eigenvalue weighted by Crippen LogP contribution is -1.83. The van der Waals surface area contributed by atoms with E-state index in [9.17, 15) is 0 Å². The van der Waals surface area contributed by atoms with Gasteiger partial charge in [0, 0.05) is 27.2 Å². The number of hydrogen-bond acceptors (Lipinski definition) is 3. The zero-order valence-corrected chi connectivity index (χ0v) is 12.8. The summed E-state index contributed by atoms with van der Waals surface area (Å²) < 4.78 is 4.88. The third-order valence-corrected chi connectivity index (χ3v) is 4.65. The maximum Gasteiger partial charge on any atom is 0.218 e. The minimum Gasteiger partial charge on any atom is -0.354 e. The molecule has 0 fully saturated rings. The second-order valence-electron chi connectivity index (χ2n) is 5.90. The molecular weight excluding hydrogens is 288 g/mol. The number of benzene rings is 2.